The van der Waals surface area contributed by atoms with E-state index in [1.165, 1.54) is 18.2 Å². The maximum Gasteiger partial charge on any atom is 0.573 e. The number of halogens is 3. The molecule has 0 aliphatic heterocycles. The highest BCUT2D eigenvalue weighted by Gasteiger charge is 2.31. The summed E-state index contributed by atoms with van der Waals surface area (Å²) in [6.07, 6.45) is -4.38. The lowest BCUT2D eigenvalue weighted by Gasteiger charge is -2.21. The monoisotopic (exact) mass is 497 g/mol. The molecule has 0 heterocycles. The Balaban J connectivity index is 2.00. The Morgan fingerprint density at radius 3 is 2.46 bits per heavy atom. The molecule has 1 atom stereocenters. The second-order valence-electron chi connectivity index (χ2n) is 8.21. The molecular formula is C25H30F3NO6. The van der Waals surface area contributed by atoms with Crippen molar-refractivity contribution < 1.29 is 42.1 Å². The Hall–Kier alpha value is -3.27. The van der Waals surface area contributed by atoms with Crippen LogP contribution in [0, 0.1) is 0 Å². The molecule has 0 saturated carbocycles. The second kappa shape index (κ2) is 13.6. The lowest BCUT2D eigenvalue weighted by Crippen LogP contribution is -2.29. The zero-order valence-electron chi connectivity index (χ0n) is 19.7. The first-order valence-corrected chi connectivity index (χ1v) is 11.1. The first-order valence-electron chi connectivity index (χ1n) is 11.1. The van der Waals surface area contributed by atoms with Gasteiger partial charge in [0, 0.05) is 13.0 Å². The summed E-state index contributed by atoms with van der Waals surface area (Å²) in [5.41, 5.74) is 1.52. The van der Waals surface area contributed by atoms with Crippen molar-refractivity contribution in [3.63, 3.8) is 0 Å². The number of carbonyl (C=O) groups excluding carboxylic acids is 1. The topological polar surface area (TPSA) is 85.3 Å². The number of nitrogens with zero attached hydrogens (tertiary/aromatic N) is 1. The fourth-order valence-electron chi connectivity index (χ4n) is 3.24. The highest BCUT2D eigenvalue weighted by Crippen LogP contribution is 2.25. The number of carboxylic acid groups (broad SMARTS) is 1. The predicted octanol–water partition coefficient (Wildman–Crippen LogP) is 4.48. The van der Waals surface area contributed by atoms with Crippen LogP contribution in [-0.2, 0) is 27.2 Å². The Kier molecular flexibility index (Phi) is 10.8. The molecule has 192 valence electrons. The van der Waals surface area contributed by atoms with E-state index in [1.54, 1.807) is 18.2 Å². The minimum absolute atomic E-state index is 0.0819. The lowest BCUT2D eigenvalue weighted by atomic mass is 10.0. The number of rotatable bonds is 14. The van der Waals surface area contributed by atoms with Crippen molar-refractivity contribution in [3.8, 4) is 11.5 Å². The molecule has 0 spiro atoms. The third-order valence-electron chi connectivity index (χ3n) is 4.95. The normalized spacial score (nSPS) is 12.3. The first-order chi connectivity index (χ1) is 16.5. The van der Waals surface area contributed by atoms with Gasteiger partial charge in [0.15, 0.2) is 0 Å². The zero-order valence-corrected chi connectivity index (χ0v) is 19.7. The predicted molar refractivity (Wildman–Crippen MR) is 122 cm³/mol. The number of ether oxygens (including phenoxy) is 3. The highest BCUT2D eigenvalue weighted by molar-refractivity contribution is 5.76. The molecule has 0 aliphatic rings. The summed E-state index contributed by atoms with van der Waals surface area (Å²) in [6, 6.07) is 13.1. The quantitative estimate of drug-likeness (QED) is 0.385. The molecule has 7 nitrogen and oxygen atoms in total. The molecule has 0 fully saturated rings. The Bertz CT molecular complexity index is 964. The molecule has 1 N–H and O–H groups in total. The summed E-state index contributed by atoms with van der Waals surface area (Å²) < 4.78 is 52.8. The summed E-state index contributed by atoms with van der Waals surface area (Å²) in [7, 11) is 3.77. The molecule has 0 saturated heterocycles. The van der Waals surface area contributed by atoms with Crippen LogP contribution in [-0.4, -0.2) is 61.7 Å². The van der Waals surface area contributed by atoms with E-state index in [0.29, 0.717) is 37.1 Å². The Morgan fingerprint density at radius 1 is 1.03 bits per heavy atom. The maximum atomic E-state index is 12.5. The zero-order chi connectivity index (χ0) is 25.8. The van der Waals surface area contributed by atoms with Crippen LogP contribution in [0.2, 0.25) is 0 Å². The average molecular weight is 498 g/mol. The van der Waals surface area contributed by atoms with Gasteiger partial charge in [0.05, 0.1) is 12.8 Å². The largest absolute Gasteiger partial charge is 0.573 e. The van der Waals surface area contributed by atoms with Crippen molar-refractivity contribution in [3.05, 3.63) is 59.7 Å². The summed E-state index contributed by atoms with van der Waals surface area (Å²) >= 11 is 0. The fraction of sp³-hybridized carbons (Fsp3) is 0.440. The number of carboxylic acids is 1. The summed E-state index contributed by atoms with van der Waals surface area (Å²) in [5.74, 6) is -1.37. The number of carbonyl (C=O) groups is 2. The number of hydrogen-bond donors (Lipinski definition) is 1. The lowest BCUT2D eigenvalue weighted by molar-refractivity contribution is -0.274. The smallest absolute Gasteiger partial charge is 0.489 e. The van der Waals surface area contributed by atoms with Crippen molar-refractivity contribution >= 4 is 11.9 Å². The Morgan fingerprint density at radius 2 is 1.77 bits per heavy atom. The standard InChI is InChI=1S/C25H30F3NO6/c1-29(2)15-14-21(34-24(32)13-12-23(30)31)17-33-22-9-4-3-7-19(22)11-10-18-6-5-8-20(16-18)35-25(26,27)28/h3-9,16,21H,10-15,17H2,1-2H3,(H,30,31). The van der Waals surface area contributed by atoms with Gasteiger partial charge in [0.2, 0.25) is 0 Å². The number of esters is 1. The van der Waals surface area contributed by atoms with Crippen LogP contribution < -0.4 is 9.47 Å². The van der Waals surface area contributed by atoms with E-state index in [0.717, 1.165) is 5.56 Å². The van der Waals surface area contributed by atoms with Crippen LogP contribution in [0.15, 0.2) is 48.5 Å². The Labute approximate surface area is 202 Å². The van der Waals surface area contributed by atoms with Gasteiger partial charge in [-0.05, 0) is 56.3 Å². The minimum atomic E-state index is -4.75. The molecule has 1 unspecified atom stereocenters. The summed E-state index contributed by atoms with van der Waals surface area (Å²) in [6.45, 7) is 0.719. The molecule has 35 heavy (non-hydrogen) atoms. The molecule has 0 bridgehead atoms. The van der Waals surface area contributed by atoms with E-state index in [4.69, 9.17) is 14.6 Å². The summed E-state index contributed by atoms with van der Waals surface area (Å²) in [4.78, 5) is 24.7. The molecule has 2 rings (SSSR count). The van der Waals surface area contributed by atoms with Gasteiger partial charge in [-0.1, -0.05) is 30.3 Å². The van der Waals surface area contributed by atoms with Crippen LogP contribution in [0.5, 0.6) is 11.5 Å². The SMILES string of the molecule is CN(C)CCC(COc1ccccc1CCc1cccc(OC(F)(F)F)c1)OC(=O)CCC(=O)O. The molecule has 0 amide bonds. The number of aliphatic carboxylic acids is 1. The van der Waals surface area contributed by atoms with Gasteiger partial charge in [-0.25, -0.2) is 0 Å². The molecule has 2 aromatic rings. The molecule has 2 aromatic carbocycles. The van der Waals surface area contributed by atoms with E-state index in [-0.39, 0.29) is 25.2 Å². The average Bonchev–Trinajstić information content (AvgIpc) is 2.77. The van der Waals surface area contributed by atoms with E-state index >= 15 is 0 Å². The number of aryl methyl sites for hydroxylation is 2. The van der Waals surface area contributed by atoms with Gasteiger partial charge in [0.1, 0.15) is 24.2 Å². The van der Waals surface area contributed by atoms with E-state index in [9.17, 15) is 22.8 Å². The van der Waals surface area contributed by atoms with Gasteiger partial charge < -0.3 is 24.2 Å². The van der Waals surface area contributed by atoms with Crippen molar-refractivity contribution in [2.24, 2.45) is 0 Å². The maximum absolute atomic E-state index is 12.5. The number of benzene rings is 2. The fourth-order valence-corrected chi connectivity index (χ4v) is 3.24. The third kappa shape index (κ3) is 11.6. The molecule has 0 aliphatic carbocycles. The molecule has 0 radical (unpaired) electrons. The molecule has 10 heteroatoms. The van der Waals surface area contributed by atoms with Gasteiger partial charge >= 0.3 is 18.3 Å². The van der Waals surface area contributed by atoms with Gasteiger partial charge in [-0.3, -0.25) is 9.59 Å². The molecular weight excluding hydrogens is 467 g/mol. The third-order valence-corrected chi connectivity index (χ3v) is 4.95. The van der Waals surface area contributed by atoms with E-state index in [1.807, 2.05) is 31.1 Å². The molecule has 0 aromatic heterocycles. The van der Waals surface area contributed by atoms with Gasteiger partial charge in [-0.15, -0.1) is 13.2 Å². The van der Waals surface area contributed by atoms with E-state index < -0.39 is 24.4 Å². The number of alkyl halides is 3. The van der Waals surface area contributed by atoms with Gasteiger partial charge in [0.25, 0.3) is 0 Å². The van der Waals surface area contributed by atoms with E-state index in [2.05, 4.69) is 4.74 Å². The minimum Gasteiger partial charge on any atom is -0.489 e. The van der Waals surface area contributed by atoms with Crippen molar-refractivity contribution in [2.45, 2.75) is 44.6 Å². The van der Waals surface area contributed by atoms with Crippen LogP contribution in [0.25, 0.3) is 0 Å². The number of para-hydroxylation sites is 1. The van der Waals surface area contributed by atoms with Crippen molar-refractivity contribution in [1.29, 1.82) is 0 Å². The van der Waals surface area contributed by atoms with Gasteiger partial charge in [-0.2, -0.15) is 0 Å². The highest BCUT2D eigenvalue weighted by atomic mass is 19.4. The number of hydrogen-bond acceptors (Lipinski definition) is 6. The van der Waals surface area contributed by atoms with Crippen LogP contribution in [0.1, 0.15) is 30.4 Å². The van der Waals surface area contributed by atoms with Crippen LogP contribution >= 0.6 is 0 Å². The van der Waals surface area contributed by atoms with Crippen molar-refractivity contribution in [2.75, 3.05) is 27.2 Å². The first kappa shape index (κ1) is 28.0. The van der Waals surface area contributed by atoms with Crippen LogP contribution in [0.4, 0.5) is 13.2 Å². The van der Waals surface area contributed by atoms with Crippen molar-refractivity contribution in [1.82, 2.24) is 4.90 Å². The second-order valence-corrected chi connectivity index (χ2v) is 8.21. The van der Waals surface area contributed by atoms with Crippen LogP contribution in [0.3, 0.4) is 0 Å². The summed E-state index contributed by atoms with van der Waals surface area (Å²) in [5, 5.41) is 8.76.